The second kappa shape index (κ2) is 4.19. The number of anilines is 1. The summed E-state index contributed by atoms with van der Waals surface area (Å²) >= 11 is 0. The zero-order valence-electron chi connectivity index (χ0n) is 8.37. The Kier molecular flexibility index (Phi) is 3.19. The molecule has 78 valence electrons. The molecule has 4 N–H and O–H groups in total. The number of hydrogen-bond donors (Lipinski definition) is 3. The molecule has 0 saturated heterocycles. The Morgan fingerprint density at radius 3 is 2.64 bits per heavy atom. The number of aliphatic hydroxyl groups is 1. The Balaban J connectivity index is 3.32. The molecule has 0 amide bonds. The number of methoxy groups -OCH3 is 1. The van der Waals surface area contributed by atoms with Gasteiger partial charge in [0.2, 0.25) is 0 Å². The van der Waals surface area contributed by atoms with Crippen LogP contribution in [-0.4, -0.2) is 23.9 Å². The van der Waals surface area contributed by atoms with Crippen molar-refractivity contribution in [1.82, 2.24) is 0 Å². The van der Waals surface area contributed by atoms with Gasteiger partial charge in [0.15, 0.2) is 0 Å². The van der Waals surface area contributed by atoms with Gasteiger partial charge in [-0.2, -0.15) is 0 Å². The lowest BCUT2D eigenvalue weighted by atomic mass is 10.0. The van der Waals surface area contributed by atoms with Crippen molar-refractivity contribution >= 4 is 5.69 Å². The van der Waals surface area contributed by atoms with Gasteiger partial charge in [0.05, 0.1) is 12.8 Å². The smallest absolute Gasteiger partial charge is 0.145 e. The Labute approximate surface area is 82.9 Å². The van der Waals surface area contributed by atoms with Crippen molar-refractivity contribution in [2.75, 3.05) is 19.5 Å². The number of ether oxygens (including phenoxy) is 1. The maximum absolute atomic E-state index is 9.51. The van der Waals surface area contributed by atoms with Crippen molar-refractivity contribution in [1.29, 1.82) is 0 Å². The first kappa shape index (κ1) is 10.7. The van der Waals surface area contributed by atoms with Gasteiger partial charge >= 0.3 is 0 Å². The van der Waals surface area contributed by atoms with Gasteiger partial charge in [0, 0.05) is 18.2 Å². The van der Waals surface area contributed by atoms with Crippen LogP contribution < -0.4 is 10.5 Å². The Morgan fingerprint density at radius 2 is 2.14 bits per heavy atom. The van der Waals surface area contributed by atoms with Crippen molar-refractivity contribution in [3.8, 4) is 11.5 Å². The van der Waals surface area contributed by atoms with Gasteiger partial charge in [-0.05, 0) is 18.9 Å². The number of aliphatic hydroxyl groups excluding tert-OH is 1. The van der Waals surface area contributed by atoms with Gasteiger partial charge in [-0.25, -0.2) is 0 Å². The van der Waals surface area contributed by atoms with Crippen molar-refractivity contribution in [2.24, 2.45) is 0 Å². The van der Waals surface area contributed by atoms with E-state index in [1.807, 2.05) is 0 Å². The molecule has 0 heterocycles. The number of benzene rings is 1. The van der Waals surface area contributed by atoms with Crippen molar-refractivity contribution < 1.29 is 14.9 Å². The lowest BCUT2D eigenvalue weighted by Crippen LogP contribution is -2.02. The fraction of sp³-hybridized carbons (Fsp3) is 0.400. The summed E-state index contributed by atoms with van der Waals surface area (Å²) in [7, 11) is 1.52. The second-order valence-corrected chi connectivity index (χ2v) is 3.10. The first-order chi connectivity index (χ1) is 6.61. The molecule has 4 nitrogen and oxygen atoms in total. The molecule has 0 spiro atoms. The maximum Gasteiger partial charge on any atom is 0.145 e. The lowest BCUT2D eigenvalue weighted by Gasteiger charge is -2.14. The molecule has 0 unspecified atom stereocenters. The number of aromatic hydroxyl groups is 1. The minimum absolute atomic E-state index is 0.0000926. The Morgan fingerprint density at radius 1 is 1.50 bits per heavy atom. The minimum atomic E-state index is 0.0000926. The number of nitrogen functional groups attached to an aromatic ring is 1. The average Bonchev–Trinajstić information content (AvgIpc) is 2.14. The first-order valence-corrected chi connectivity index (χ1v) is 4.37. The molecule has 4 heteroatoms. The summed E-state index contributed by atoms with van der Waals surface area (Å²) < 4.78 is 5.12. The predicted molar refractivity (Wildman–Crippen MR) is 54.6 cm³/mol. The molecule has 14 heavy (non-hydrogen) atoms. The summed E-state index contributed by atoms with van der Waals surface area (Å²) in [5.74, 6) is 0.668. The van der Waals surface area contributed by atoms with E-state index < -0.39 is 0 Å². The third kappa shape index (κ3) is 1.75. The van der Waals surface area contributed by atoms with E-state index in [1.54, 1.807) is 6.92 Å². The zero-order chi connectivity index (χ0) is 10.7. The summed E-state index contributed by atoms with van der Waals surface area (Å²) in [5, 5.41) is 18.4. The normalized spacial score (nSPS) is 10.2. The van der Waals surface area contributed by atoms with E-state index in [9.17, 15) is 5.11 Å². The Hall–Kier alpha value is -1.42. The fourth-order valence-electron chi connectivity index (χ4n) is 1.47. The topological polar surface area (TPSA) is 75.7 Å². The monoisotopic (exact) mass is 197 g/mol. The quantitative estimate of drug-likeness (QED) is 0.627. The van der Waals surface area contributed by atoms with Crippen LogP contribution in [0.2, 0.25) is 0 Å². The van der Waals surface area contributed by atoms with E-state index in [-0.39, 0.29) is 12.4 Å². The van der Waals surface area contributed by atoms with E-state index in [0.29, 0.717) is 23.4 Å². The molecule has 0 aromatic heterocycles. The highest BCUT2D eigenvalue weighted by Crippen LogP contribution is 2.35. The van der Waals surface area contributed by atoms with E-state index >= 15 is 0 Å². The van der Waals surface area contributed by atoms with Crippen LogP contribution in [0.5, 0.6) is 11.5 Å². The third-order valence-electron chi connectivity index (χ3n) is 2.23. The molecule has 0 aliphatic heterocycles. The maximum atomic E-state index is 9.51. The number of phenols is 1. The second-order valence-electron chi connectivity index (χ2n) is 3.10. The van der Waals surface area contributed by atoms with Crippen LogP contribution in [0.25, 0.3) is 0 Å². The molecule has 0 bridgehead atoms. The van der Waals surface area contributed by atoms with E-state index in [1.165, 1.54) is 13.2 Å². The molecule has 0 saturated carbocycles. The van der Waals surface area contributed by atoms with E-state index in [0.717, 1.165) is 5.56 Å². The lowest BCUT2D eigenvalue weighted by molar-refractivity contribution is 0.296. The summed E-state index contributed by atoms with van der Waals surface area (Å²) in [5.41, 5.74) is 7.51. The number of phenolic OH excluding ortho intramolecular Hbond substituents is 1. The largest absolute Gasteiger partial charge is 0.508 e. The zero-order valence-corrected chi connectivity index (χ0v) is 8.37. The molecule has 1 aromatic rings. The van der Waals surface area contributed by atoms with Crippen LogP contribution in [0, 0.1) is 6.92 Å². The van der Waals surface area contributed by atoms with E-state index in [2.05, 4.69) is 0 Å². The first-order valence-electron chi connectivity index (χ1n) is 4.37. The van der Waals surface area contributed by atoms with Gasteiger partial charge in [-0.15, -0.1) is 0 Å². The minimum Gasteiger partial charge on any atom is -0.508 e. The van der Waals surface area contributed by atoms with Gasteiger partial charge in [-0.3, -0.25) is 0 Å². The van der Waals surface area contributed by atoms with Crippen molar-refractivity contribution in [2.45, 2.75) is 13.3 Å². The summed E-state index contributed by atoms with van der Waals surface area (Å²) in [4.78, 5) is 0. The van der Waals surface area contributed by atoms with Crippen LogP contribution in [0.3, 0.4) is 0 Å². The van der Waals surface area contributed by atoms with Gasteiger partial charge in [0.1, 0.15) is 11.5 Å². The predicted octanol–water partition coefficient (Wildman–Crippen LogP) is 0.826. The highest BCUT2D eigenvalue weighted by molar-refractivity contribution is 5.63. The summed E-state index contributed by atoms with van der Waals surface area (Å²) in [6.45, 7) is 1.77. The van der Waals surface area contributed by atoms with Crippen molar-refractivity contribution in [3.05, 3.63) is 17.2 Å². The Bertz CT molecular complexity index is 337. The summed E-state index contributed by atoms with van der Waals surface area (Å²) in [6, 6.07) is 1.45. The van der Waals surface area contributed by atoms with Gasteiger partial charge in [0.25, 0.3) is 0 Å². The van der Waals surface area contributed by atoms with Gasteiger partial charge < -0.3 is 20.7 Å². The third-order valence-corrected chi connectivity index (χ3v) is 2.23. The molecular formula is C10H15NO3. The fourth-order valence-corrected chi connectivity index (χ4v) is 1.47. The number of nitrogens with two attached hydrogens (primary N) is 1. The molecule has 0 aliphatic rings. The van der Waals surface area contributed by atoms with Crippen LogP contribution in [0.15, 0.2) is 6.07 Å². The number of hydrogen-bond acceptors (Lipinski definition) is 4. The highest BCUT2D eigenvalue weighted by Gasteiger charge is 2.13. The molecular weight excluding hydrogens is 182 g/mol. The van der Waals surface area contributed by atoms with Crippen LogP contribution in [0.1, 0.15) is 11.1 Å². The molecule has 0 radical (unpaired) electrons. The highest BCUT2D eigenvalue weighted by atomic mass is 16.5. The number of rotatable bonds is 3. The molecule has 1 aromatic carbocycles. The standard InChI is InChI=1S/C10H15NO3/c1-6-7(3-4-12)10(14-2)8(11)5-9(6)13/h5,12-13H,3-4,11H2,1-2H3. The molecule has 1 rings (SSSR count). The molecule has 0 fully saturated rings. The molecule has 0 atom stereocenters. The average molecular weight is 197 g/mol. The van der Waals surface area contributed by atoms with Gasteiger partial charge in [-0.1, -0.05) is 0 Å². The molecule has 0 aliphatic carbocycles. The van der Waals surface area contributed by atoms with Crippen LogP contribution in [-0.2, 0) is 6.42 Å². The van der Waals surface area contributed by atoms with Crippen molar-refractivity contribution in [3.63, 3.8) is 0 Å². The SMILES string of the molecule is COc1c(N)cc(O)c(C)c1CCO. The van der Waals surface area contributed by atoms with Crippen LogP contribution in [0.4, 0.5) is 5.69 Å². The summed E-state index contributed by atoms with van der Waals surface area (Å²) in [6.07, 6.45) is 0.424. The van der Waals surface area contributed by atoms with E-state index in [4.69, 9.17) is 15.6 Å². The van der Waals surface area contributed by atoms with Crippen LogP contribution >= 0.6 is 0 Å².